The van der Waals surface area contributed by atoms with Crippen LogP contribution in [0.25, 0.3) is 0 Å². The van der Waals surface area contributed by atoms with Gasteiger partial charge in [0.1, 0.15) is 11.7 Å². The van der Waals surface area contributed by atoms with E-state index in [0.29, 0.717) is 6.42 Å². The second-order valence-electron chi connectivity index (χ2n) is 5.91. The Bertz CT molecular complexity index is 278. The minimum atomic E-state index is -0.888. The SMILES string of the molecule is CCCCCC1OOC1(CC)C(=O)OC(C)(C)C. The lowest BCUT2D eigenvalue weighted by Crippen LogP contribution is -2.62. The van der Waals surface area contributed by atoms with E-state index < -0.39 is 11.2 Å². The van der Waals surface area contributed by atoms with Crippen molar-refractivity contribution in [2.45, 2.75) is 84.0 Å². The molecule has 106 valence electrons. The molecule has 4 nitrogen and oxygen atoms in total. The zero-order valence-electron chi connectivity index (χ0n) is 12.2. The molecule has 0 N–H and O–H groups in total. The van der Waals surface area contributed by atoms with Gasteiger partial charge in [0.25, 0.3) is 0 Å². The standard InChI is InChI=1S/C14H26O4/c1-6-8-9-10-11-14(7-2,18-17-11)12(15)16-13(3,4)5/h11H,6-10H2,1-5H3. The van der Waals surface area contributed by atoms with Crippen molar-refractivity contribution in [2.75, 3.05) is 0 Å². The molecule has 4 heteroatoms. The number of carbonyl (C=O) groups is 1. The maximum Gasteiger partial charge on any atom is 0.345 e. The lowest BCUT2D eigenvalue weighted by atomic mass is 9.88. The van der Waals surface area contributed by atoms with E-state index in [4.69, 9.17) is 14.5 Å². The van der Waals surface area contributed by atoms with Crippen LogP contribution in [0.3, 0.4) is 0 Å². The van der Waals surface area contributed by atoms with Crippen LogP contribution in [0, 0.1) is 0 Å². The lowest BCUT2D eigenvalue weighted by Gasteiger charge is -2.45. The Morgan fingerprint density at radius 2 is 1.94 bits per heavy atom. The molecule has 0 amide bonds. The van der Waals surface area contributed by atoms with Crippen LogP contribution in [0.1, 0.15) is 66.7 Å². The fourth-order valence-electron chi connectivity index (χ4n) is 2.05. The molecule has 18 heavy (non-hydrogen) atoms. The number of esters is 1. The summed E-state index contributed by atoms with van der Waals surface area (Å²) in [7, 11) is 0. The van der Waals surface area contributed by atoms with E-state index in [9.17, 15) is 4.79 Å². The predicted octanol–water partition coefficient (Wildman–Crippen LogP) is 3.39. The number of ether oxygens (including phenoxy) is 1. The highest BCUT2D eigenvalue weighted by molar-refractivity contribution is 5.81. The van der Waals surface area contributed by atoms with Gasteiger partial charge in [0.2, 0.25) is 5.60 Å². The van der Waals surface area contributed by atoms with Gasteiger partial charge in [0, 0.05) is 0 Å². The summed E-state index contributed by atoms with van der Waals surface area (Å²) in [5.41, 5.74) is -1.38. The second-order valence-corrected chi connectivity index (χ2v) is 5.91. The van der Waals surface area contributed by atoms with E-state index in [-0.39, 0.29) is 12.1 Å². The molecule has 2 unspecified atom stereocenters. The molecule has 1 heterocycles. The Morgan fingerprint density at radius 3 is 2.33 bits per heavy atom. The predicted molar refractivity (Wildman–Crippen MR) is 69.0 cm³/mol. The van der Waals surface area contributed by atoms with Crippen LogP contribution in [0.2, 0.25) is 0 Å². The molecule has 0 aromatic rings. The van der Waals surface area contributed by atoms with Gasteiger partial charge in [-0.25, -0.2) is 14.6 Å². The lowest BCUT2D eigenvalue weighted by molar-refractivity contribution is -0.499. The largest absolute Gasteiger partial charge is 0.458 e. The van der Waals surface area contributed by atoms with Crippen LogP contribution >= 0.6 is 0 Å². The van der Waals surface area contributed by atoms with Gasteiger partial charge in [0.05, 0.1) is 0 Å². The van der Waals surface area contributed by atoms with Crippen molar-refractivity contribution in [3.05, 3.63) is 0 Å². The average molecular weight is 258 g/mol. The maximum absolute atomic E-state index is 12.2. The molecule has 1 aliphatic rings. The summed E-state index contributed by atoms with van der Waals surface area (Å²) in [6, 6.07) is 0. The molecule has 2 atom stereocenters. The number of hydrogen-bond donors (Lipinski definition) is 0. The summed E-state index contributed by atoms with van der Waals surface area (Å²) in [5.74, 6) is -0.301. The molecule has 1 saturated heterocycles. The van der Waals surface area contributed by atoms with Gasteiger partial charge in [-0.3, -0.25) is 0 Å². The molecule has 0 aromatic heterocycles. The summed E-state index contributed by atoms with van der Waals surface area (Å²) in [4.78, 5) is 22.5. The minimum Gasteiger partial charge on any atom is -0.458 e. The first-order valence-corrected chi connectivity index (χ1v) is 6.93. The maximum atomic E-state index is 12.2. The van der Waals surface area contributed by atoms with Gasteiger partial charge in [-0.2, -0.15) is 0 Å². The zero-order chi connectivity index (χ0) is 13.8. The molecule has 1 fully saturated rings. The molecule has 0 aromatic carbocycles. The Hall–Kier alpha value is -0.610. The summed E-state index contributed by atoms with van der Waals surface area (Å²) in [5, 5.41) is 0. The third-order valence-electron chi connectivity index (χ3n) is 3.17. The highest BCUT2D eigenvalue weighted by atomic mass is 17.3. The molecule has 0 saturated carbocycles. The Kier molecular flexibility index (Phi) is 5.17. The molecule has 0 spiro atoms. The average Bonchev–Trinajstić information content (AvgIpc) is 2.21. The monoisotopic (exact) mass is 258 g/mol. The van der Waals surface area contributed by atoms with Crippen LogP contribution in [0.4, 0.5) is 0 Å². The number of hydrogen-bond acceptors (Lipinski definition) is 4. The van der Waals surface area contributed by atoms with Gasteiger partial charge < -0.3 is 4.74 Å². The minimum absolute atomic E-state index is 0.163. The van der Waals surface area contributed by atoms with E-state index in [2.05, 4.69) is 6.92 Å². The first-order chi connectivity index (χ1) is 8.35. The van der Waals surface area contributed by atoms with Crippen molar-refractivity contribution in [2.24, 2.45) is 0 Å². The third-order valence-corrected chi connectivity index (χ3v) is 3.17. The van der Waals surface area contributed by atoms with Crippen LogP contribution in [-0.2, 0) is 19.3 Å². The van der Waals surface area contributed by atoms with Crippen molar-refractivity contribution in [1.82, 2.24) is 0 Å². The first kappa shape index (κ1) is 15.4. The fraction of sp³-hybridized carbons (Fsp3) is 0.929. The summed E-state index contributed by atoms with van der Waals surface area (Å²) >= 11 is 0. The van der Waals surface area contributed by atoms with Crippen LogP contribution in [0.15, 0.2) is 0 Å². The normalized spacial score (nSPS) is 27.7. The highest BCUT2D eigenvalue weighted by Gasteiger charge is 2.57. The number of carbonyl (C=O) groups excluding carboxylic acids is 1. The zero-order valence-corrected chi connectivity index (χ0v) is 12.2. The summed E-state index contributed by atoms with van der Waals surface area (Å²) in [6.45, 7) is 9.66. The third kappa shape index (κ3) is 3.45. The van der Waals surface area contributed by atoms with E-state index in [0.717, 1.165) is 25.7 Å². The van der Waals surface area contributed by atoms with Crippen LogP contribution < -0.4 is 0 Å². The quantitative estimate of drug-likeness (QED) is 0.416. The molecule has 1 rings (SSSR count). The van der Waals surface area contributed by atoms with E-state index in [1.807, 2.05) is 27.7 Å². The van der Waals surface area contributed by atoms with E-state index >= 15 is 0 Å². The Morgan fingerprint density at radius 1 is 1.28 bits per heavy atom. The molecule has 0 radical (unpaired) electrons. The highest BCUT2D eigenvalue weighted by Crippen LogP contribution is 2.38. The van der Waals surface area contributed by atoms with Crippen molar-refractivity contribution >= 4 is 5.97 Å². The molecular formula is C14H26O4. The van der Waals surface area contributed by atoms with Crippen molar-refractivity contribution in [1.29, 1.82) is 0 Å². The summed E-state index contributed by atoms with van der Waals surface area (Å²) in [6.07, 6.45) is 4.62. The number of unbranched alkanes of at least 4 members (excludes halogenated alkanes) is 2. The van der Waals surface area contributed by atoms with Crippen molar-refractivity contribution in [3.63, 3.8) is 0 Å². The first-order valence-electron chi connectivity index (χ1n) is 6.93. The van der Waals surface area contributed by atoms with Gasteiger partial charge >= 0.3 is 5.97 Å². The number of rotatable bonds is 6. The Balaban J connectivity index is 2.59. The topological polar surface area (TPSA) is 44.8 Å². The molecular weight excluding hydrogens is 232 g/mol. The van der Waals surface area contributed by atoms with Gasteiger partial charge in [-0.15, -0.1) is 0 Å². The van der Waals surface area contributed by atoms with Crippen molar-refractivity contribution < 1.29 is 19.3 Å². The van der Waals surface area contributed by atoms with Crippen molar-refractivity contribution in [3.8, 4) is 0 Å². The van der Waals surface area contributed by atoms with Gasteiger partial charge in [-0.05, 0) is 33.6 Å². The molecule has 0 bridgehead atoms. The van der Waals surface area contributed by atoms with Gasteiger partial charge in [-0.1, -0.05) is 33.1 Å². The summed E-state index contributed by atoms with van der Waals surface area (Å²) < 4.78 is 5.43. The van der Waals surface area contributed by atoms with E-state index in [1.54, 1.807) is 0 Å². The molecule has 1 aliphatic heterocycles. The Labute approximate surface area is 110 Å². The fourth-order valence-corrected chi connectivity index (χ4v) is 2.05. The van der Waals surface area contributed by atoms with E-state index in [1.165, 1.54) is 0 Å². The smallest absolute Gasteiger partial charge is 0.345 e. The van der Waals surface area contributed by atoms with Crippen LogP contribution in [0.5, 0.6) is 0 Å². The molecule has 0 aliphatic carbocycles. The second kappa shape index (κ2) is 6.02. The van der Waals surface area contributed by atoms with Gasteiger partial charge in [0.15, 0.2) is 0 Å². The van der Waals surface area contributed by atoms with Crippen LogP contribution in [-0.4, -0.2) is 23.3 Å².